The van der Waals surface area contributed by atoms with Gasteiger partial charge in [-0.3, -0.25) is 9.48 Å². The topological polar surface area (TPSA) is 46.9 Å². The highest BCUT2D eigenvalue weighted by atomic mass is 19.1. The molecular formula is C15H18FN3O. The highest BCUT2D eigenvalue weighted by molar-refractivity contribution is 5.93. The van der Waals surface area contributed by atoms with Crippen molar-refractivity contribution >= 4 is 5.91 Å². The summed E-state index contributed by atoms with van der Waals surface area (Å²) in [6.45, 7) is 3.94. The zero-order chi connectivity index (χ0) is 14.7. The van der Waals surface area contributed by atoms with Crippen LogP contribution in [-0.2, 0) is 7.05 Å². The lowest BCUT2D eigenvalue weighted by atomic mass is 10.1. The first-order valence-electron chi connectivity index (χ1n) is 6.62. The summed E-state index contributed by atoms with van der Waals surface area (Å²) in [6, 6.07) is 8.09. The zero-order valence-corrected chi connectivity index (χ0v) is 11.9. The minimum absolute atomic E-state index is 0.0920. The van der Waals surface area contributed by atoms with Gasteiger partial charge in [0, 0.05) is 18.7 Å². The van der Waals surface area contributed by atoms with E-state index in [1.807, 2.05) is 13.8 Å². The second-order valence-corrected chi connectivity index (χ2v) is 4.80. The second kappa shape index (κ2) is 5.86. The third-order valence-electron chi connectivity index (χ3n) is 3.25. The standard InChI is InChI=1S/C15H18FN3O/c1-4-10(2)17-15(20)14-9-13(18-19(14)3)11-7-5-6-8-12(11)16/h5-10H,4H2,1-3H3,(H,17,20). The van der Waals surface area contributed by atoms with Gasteiger partial charge in [-0.1, -0.05) is 19.1 Å². The average molecular weight is 275 g/mol. The van der Waals surface area contributed by atoms with Gasteiger partial charge in [-0.2, -0.15) is 5.10 Å². The first-order chi connectivity index (χ1) is 9.52. The molecule has 1 aromatic carbocycles. The van der Waals surface area contributed by atoms with E-state index in [9.17, 15) is 9.18 Å². The molecule has 0 saturated heterocycles. The van der Waals surface area contributed by atoms with E-state index in [-0.39, 0.29) is 17.8 Å². The van der Waals surface area contributed by atoms with Crippen LogP contribution in [-0.4, -0.2) is 21.7 Å². The van der Waals surface area contributed by atoms with Crippen LogP contribution in [0.25, 0.3) is 11.3 Å². The average Bonchev–Trinajstić information content (AvgIpc) is 2.81. The van der Waals surface area contributed by atoms with Crippen LogP contribution in [0.1, 0.15) is 30.8 Å². The highest BCUT2D eigenvalue weighted by Gasteiger charge is 2.16. The van der Waals surface area contributed by atoms with Crippen molar-refractivity contribution in [3.05, 3.63) is 41.8 Å². The van der Waals surface area contributed by atoms with Gasteiger partial charge in [-0.25, -0.2) is 4.39 Å². The van der Waals surface area contributed by atoms with Gasteiger partial charge in [-0.05, 0) is 31.5 Å². The van der Waals surface area contributed by atoms with Gasteiger partial charge in [0.05, 0.1) is 5.69 Å². The molecule has 0 aliphatic rings. The fraction of sp³-hybridized carbons (Fsp3) is 0.333. The van der Waals surface area contributed by atoms with Crippen molar-refractivity contribution in [2.24, 2.45) is 7.05 Å². The Kier molecular flexibility index (Phi) is 4.17. The number of aryl methyl sites for hydroxylation is 1. The molecule has 1 atom stereocenters. The number of aromatic nitrogens is 2. The first kappa shape index (κ1) is 14.2. The van der Waals surface area contributed by atoms with Crippen LogP contribution in [0.2, 0.25) is 0 Å². The molecule has 2 rings (SSSR count). The fourth-order valence-corrected chi connectivity index (χ4v) is 1.88. The maximum absolute atomic E-state index is 13.7. The van der Waals surface area contributed by atoms with Gasteiger partial charge >= 0.3 is 0 Å². The maximum Gasteiger partial charge on any atom is 0.269 e. The summed E-state index contributed by atoms with van der Waals surface area (Å²) >= 11 is 0. The zero-order valence-electron chi connectivity index (χ0n) is 11.9. The molecule has 0 radical (unpaired) electrons. The van der Waals surface area contributed by atoms with Crippen LogP contribution in [0.3, 0.4) is 0 Å². The molecule has 5 heteroatoms. The number of halogens is 1. The molecule has 4 nitrogen and oxygen atoms in total. The number of nitrogens with one attached hydrogen (secondary N) is 1. The number of rotatable bonds is 4. The third-order valence-corrected chi connectivity index (χ3v) is 3.25. The van der Waals surface area contributed by atoms with E-state index in [1.54, 1.807) is 31.3 Å². The van der Waals surface area contributed by atoms with Gasteiger partial charge in [0.25, 0.3) is 5.91 Å². The normalized spacial score (nSPS) is 12.2. The van der Waals surface area contributed by atoms with Gasteiger partial charge in [0.15, 0.2) is 0 Å². The van der Waals surface area contributed by atoms with E-state index < -0.39 is 0 Å². The molecule has 20 heavy (non-hydrogen) atoms. The summed E-state index contributed by atoms with van der Waals surface area (Å²) in [5.74, 6) is -0.545. The molecule has 0 spiro atoms. The summed E-state index contributed by atoms with van der Waals surface area (Å²) < 4.78 is 15.2. The van der Waals surface area contributed by atoms with Crippen molar-refractivity contribution in [3.63, 3.8) is 0 Å². The summed E-state index contributed by atoms with van der Waals surface area (Å²) in [5, 5.41) is 7.08. The van der Waals surface area contributed by atoms with Crippen LogP contribution in [0.15, 0.2) is 30.3 Å². The Morgan fingerprint density at radius 3 is 2.80 bits per heavy atom. The number of nitrogens with zero attached hydrogens (tertiary/aromatic N) is 2. The molecule has 0 aliphatic carbocycles. The SMILES string of the molecule is CCC(C)NC(=O)c1cc(-c2ccccc2F)nn1C. The van der Waals surface area contributed by atoms with Crippen LogP contribution in [0.5, 0.6) is 0 Å². The molecule has 106 valence electrons. The van der Waals surface area contributed by atoms with Crippen molar-refractivity contribution in [1.29, 1.82) is 0 Å². The Morgan fingerprint density at radius 2 is 2.15 bits per heavy atom. The Bertz CT molecular complexity index is 621. The van der Waals surface area contributed by atoms with E-state index in [0.717, 1.165) is 6.42 Å². The largest absolute Gasteiger partial charge is 0.348 e. The number of hydrogen-bond acceptors (Lipinski definition) is 2. The van der Waals surface area contributed by atoms with Crippen molar-refractivity contribution < 1.29 is 9.18 Å². The minimum atomic E-state index is -0.348. The Balaban J connectivity index is 2.31. The molecular weight excluding hydrogens is 257 g/mol. The second-order valence-electron chi connectivity index (χ2n) is 4.80. The van der Waals surface area contributed by atoms with Crippen LogP contribution >= 0.6 is 0 Å². The summed E-state index contributed by atoms with van der Waals surface area (Å²) in [5.41, 5.74) is 1.27. The van der Waals surface area contributed by atoms with E-state index in [1.165, 1.54) is 10.7 Å². The van der Waals surface area contributed by atoms with Crippen molar-refractivity contribution in [1.82, 2.24) is 15.1 Å². The lowest BCUT2D eigenvalue weighted by molar-refractivity contribution is 0.0930. The number of hydrogen-bond donors (Lipinski definition) is 1. The molecule has 0 saturated carbocycles. The van der Waals surface area contributed by atoms with Crippen LogP contribution < -0.4 is 5.32 Å². The third kappa shape index (κ3) is 2.87. The summed E-state index contributed by atoms with van der Waals surface area (Å²) in [6.07, 6.45) is 0.851. The molecule has 1 amide bonds. The van der Waals surface area contributed by atoms with Crippen LogP contribution in [0.4, 0.5) is 4.39 Å². The number of benzene rings is 1. The Labute approximate surface area is 117 Å². The van der Waals surface area contributed by atoms with Gasteiger partial charge in [0.1, 0.15) is 11.5 Å². The smallest absolute Gasteiger partial charge is 0.269 e. The van der Waals surface area contributed by atoms with Gasteiger partial charge in [0.2, 0.25) is 0 Å². The van der Waals surface area contributed by atoms with Crippen molar-refractivity contribution in [2.45, 2.75) is 26.3 Å². The van der Waals surface area contributed by atoms with Gasteiger partial charge in [-0.15, -0.1) is 0 Å². The monoisotopic (exact) mass is 275 g/mol. The predicted molar refractivity (Wildman–Crippen MR) is 75.8 cm³/mol. The van der Waals surface area contributed by atoms with Crippen LogP contribution in [0, 0.1) is 5.82 Å². The van der Waals surface area contributed by atoms with Gasteiger partial charge < -0.3 is 5.32 Å². The van der Waals surface area contributed by atoms with E-state index in [4.69, 9.17) is 0 Å². The number of amides is 1. The summed E-state index contributed by atoms with van der Waals surface area (Å²) in [4.78, 5) is 12.1. The molecule has 0 aliphatic heterocycles. The number of carbonyl (C=O) groups is 1. The first-order valence-corrected chi connectivity index (χ1v) is 6.62. The lowest BCUT2D eigenvalue weighted by Crippen LogP contribution is -2.33. The molecule has 1 unspecified atom stereocenters. The van der Waals surface area contributed by atoms with Crippen molar-refractivity contribution in [2.75, 3.05) is 0 Å². The van der Waals surface area contributed by atoms with Crippen molar-refractivity contribution in [3.8, 4) is 11.3 Å². The molecule has 1 N–H and O–H groups in total. The minimum Gasteiger partial charge on any atom is -0.348 e. The molecule has 0 fully saturated rings. The Morgan fingerprint density at radius 1 is 1.45 bits per heavy atom. The highest BCUT2D eigenvalue weighted by Crippen LogP contribution is 2.21. The lowest BCUT2D eigenvalue weighted by Gasteiger charge is -2.10. The predicted octanol–water partition coefficient (Wildman–Crippen LogP) is 2.75. The molecule has 0 bridgehead atoms. The molecule has 1 aromatic heterocycles. The van der Waals surface area contributed by atoms with E-state index in [2.05, 4.69) is 10.4 Å². The Hall–Kier alpha value is -2.17. The van der Waals surface area contributed by atoms with E-state index >= 15 is 0 Å². The molecule has 2 aromatic rings. The number of carbonyl (C=O) groups excluding carboxylic acids is 1. The quantitative estimate of drug-likeness (QED) is 0.932. The molecule has 1 heterocycles. The summed E-state index contributed by atoms with van der Waals surface area (Å²) in [7, 11) is 1.68. The fourth-order valence-electron chi connectivity index (χ4n) is 1.88. The van der Waals surface area contributed by atoms with E-state index in [0.29, 0.717) is 17.0 Å². The maximum atomic E-state index is 13.7.